The molecule has 0 saturated heterocycles. The van der Waals surface area contributed by atoms with Crippen LogP contribution in [-0.4, -0.2) is 25.2 Å². The lowest BCUT2D eigenvalue weighted by atomic mass is 9.85. The summed E-state index contributed by atoms with van der Waals surface area (Å²) < 4.78 is 10.5. The van der Waals surface area contributed by atoms with Crippen LogP contribution >= 0.6 is 0 Å². The molecule has 4 heteroatoms. The number of rotatable bonds is 4. The molecule has 0 bridgehead atoms. The van der Waals surface area contributed by atoms with Crippen LogP contribution in [0, 0.1) is 0 Å². The zero-order valence-electron chi connectivity index (χ0n) is 12.9. The maximum Gasteiger partial charge on any atom is 0.338 e. The van der Waals surface area contributed by atoms with E-state index in [1.54, 1.807) is 18.2 Å². The molecule has 0 spiro atoms. The standard InChI is InChI=1S/C19H18O4/c1-22-19(21)17-14-9-5-6-10-15(14)18(20)23-16(17)12-11-13-7-3-2-4-8-13/h2-10,16-17H,11-12H2,1H3/t16-,17+/m0/s1. The lowest BCUT2D eigenvalue weighted by Crippen LogP contribution is -2.37. The van der Waals surface area contributed by atoms with E-state index in [0.717, 1.165) is 12.0 Å². The van der Waals surface area contributed by atoms with Gasteiger partial charge in [0, 0.05) is 0 Å². The number of hydrogen-bond donors (Lipinski definition) is 0. The quantitative estimate of drug-likeness (QED) is 0.814. The van der Waals surface area contributed by atoms with Gasteiger partial charge in [-0.1, -0.05) is 48.5 Å². The molecular weight excluding hydrogens is 292 g/mol. The Bertz CT molecular complexity index is 708. The highest BCUT2D eigenvalue weighted by Crippen LogP contribution is 2.34. The lowest BCUT2D eigenvalue weighted by molar-refractivity contribution is -0.146. The Balaban J connectivity index is 1.87. The zero-order chi connectivity index (χ0) is 16.2. The van der Waals surface area contributed by atoms with E-state index in [4.69, 9.17) is 9.47 Å². The van der Waals surface area contributed by atoms with Gasteiger partial charge in [-0.15, -0.1) is 0 Å². The molecule has 0 unspecified atom stereocenters. The molecule has 2 aromatic carbocycles. The highest BCUT2D eigenvalue weighted by Gasteiger charge is 2.40. The van der Waals surface area contributed by atoms with Gasteiger partial charge in [0.15, 0.2) is 0 Å². The number of carbonyl (C=O) groups excluding carboxylic acids is 2. The van der Waals surface area contributed by atoms with Gasteiger partial charge in [0.1, 0.15) is 12.0 Å². The summed E-state index contributed by atoms with van der Waals surface area (Å²) in [5, 5.41) is 0. The van der Waals surface area contributed by atoms with Crippen molar-refractivity contribution in [3.05, 3.63) is 71.3 Å². The second-order valence-corrected chi connectivity index (χ2v) is 5.56. The molecule has 0 radical (unpaired) electrons. The first-order valence-electron chi connectivity index (χ1n) is 7.62. The average Bonchev–Trinajstić information content (AvgIpc) is 2.60. The Hall–Kier alpha value is -2.62. The van der Waals surface area contributed by atoms with Gasteiger partial charge in [0.25, 0.3) is 0 Å². The first kappa shape index (κ1) is 15.3. The number of methoxy groups -OCH3 is 1. The lowest BCUT2D eigenvalue weighted by Gasteiger charge is -2.31. The van der Waals surface area contributed by atoms with Crippen LogP contribution in [0.5, 0.6) is 0 Å². The van der Waals surface area contributed by atoms with E-state index in [0.29, 0.717) is 17.5 Å². The van der Waals surface area contributed by atoms with Crippen LogP contribution in [0.25, 0.3) is 0 Å². The molecule has 0 N–H and O–H groups in total. The van der Waals surface area contributed by atoms with Gasteiger partial charge in [0.05, 0.1) is 12.7 Å². The van der Waals surface area contributed by atoms with Crippen LogP contribution in [0.2, 0.25) is 0 Å². The Morgan fingerprint density at radius 1 is 1.09 bits per heavy atom. The van der Waals surface area contributed by atoms with Gasteiger partial charge in [-0.2, -0.15) is 0 Å². The monoisotopic (exact) mass is 310 g/mol. The summed E-state index contributed by atoms with van der Waals surface area (Å²) in [4.78, 5) is 24.4. The van der Waals surface area contributed by atoms with E-state index < -0.39 is 12.0 Å². The van der Waals surface area contributed by atoms with Gasteiger partial charge in [-0.05, 0) is 30.0 Å². The van der Waals surface area contributed by atoms with Crippen molar-refractivity contribution >= 4 is 11.9 Å². The molecule has 0 aromatic heterocycles. The molecule has 0 saturated carbocycles. The fraction of sp³-hybridized carbons (Fsp3) is 0.263. The number of benzene rings is 2. The molecule has 3 rings (SSSR count). The number of aryl methyl sites for hydroxylation is 1. The smallest absolute Gasteiger partial charge is 0.338 e. The molecular formula is C19H18O4. The van der Waals surface area contributed by atoms with Crippen molar-refractivity contribution in [3.63, 3.8) is 0 Å². The highest BCUT2D eigenvalue weighted by atomic mass is 16.6. The van der Waals surface area contributed by atoms with E-state index in [9.17, 15) is 9.59 Å². The van der Waals surface area contributed by atoms with Crippen LogP contribution in [0.4, 0.5) is 0 Å². The molecule has 1 aliphatic heterocycles. The van der Waals surface area contributed by atoms with Crippen molar-refractivity contribution in [1.29, 1.82) is 0 Å². The summed E-state index contributed by atoms with van der Waals surface area (Å²) in [5.74, 6) is -1.32. The van der Waals surface area contributed by atoms with Gasteiger partial charge >= 0.3 is 11.9 Å². The van der Waals surface area contributed by atoms with Gasteiger partial charge in [0.2, 0.25) is 0 Å². The third kappa shape index (κ3) is 3.11. The molecule has 0 amide bonds. The summed E-state index contributed by atoms with van der Waals surface area (Å²) in [5.41, 5.74) is 2.28. The van der Waals surface area contributed by atoms with E-state index in [1.807, 2.05) is 36.4 Å². The fourth-order valence-electron chi connectivity index (χ4n) is 3.01. The van der Waals surface area contributed by atoms with Crippen molar-refractivity contribution in [2.75, 3.05) is 7.11 Å². The van der Waals surface area contributed by atoms with E-state index in [-0.39, 0.29) is 11.9 Å². The Morgan fingerprint density at radius 2 is 1.78 bits per heavy atom. The first-order chi connectivity index (χ1) is 11.2. The van der Waals surface area contributed by atoms with Crippen molar-refractivity contribution in [1.82, 2.24) is 0 Å². The summed E-state index contributed by atoms with van der Waals surface area (Å²) in [6.45, 7) is 0. The largest absolute Gasteiger partial charge is 0.468 e. The van der Waals surface area contributed by atoms with Gasteiger partial charge in [-0.3, -0.25) is 4.79 Å². The summed E-state index contributed by atoms with van der Waals surface area (Å²) in [6, 6.07) is 17.0. The SMILES string of the molecule is COC(=O)[C@@H]1c2ccccc2C(=O)O[C@H]1CCc1ccccc1. The van der Waals surface area contributed by atoms with Gasteiger partial charge in [-0.25, -0.2) is 4.79 Å². The molecule has 2 aromatic rings. The summed E-state index contributed by atoms with van der Waals surface area (Å²) in [7, 11) is 1.36. The molecule has 0 fully saturated rings. The number of ether oxygens (including phenoxy) is 2. The second-order valence-electron chi connectivity index (χ2n) is 5.56. The minimum Gasteiger partial charge on any atom is -0.468 e. The highest BCUT2D eigenvalue weighted by molar-refractivity contribution is 5.96. The topological polar surface area (TPSA) is 52.6 Å². The van der Waals surface area contributed by atoms with Crippen LogP contribution in [0.15, 0.2) is 54.6 Å². The maximum atomic E-state index is 12.2. The molecule has 2 atom stereocenters. The minimum atomic E-state index is -0.572. The number of hydrogen-bond acceptors (Lipinski definition) is 4. The third-order valence-corrected chi connectivity index (χ3v) is 4.16. The molecule has 23 heavy (non-hydrogen) atoms. The van der Waals surface area contributed by atoms with Crippen LogP contribution in [0.1, 0.15) is 33.8 Å². The fourth-order valence-corrected chi connectivity index (χ4v) is 3.01. The Kier molecular flexibility index (Phi) is 4.42. The molecule has 1 aliphatic rings. The summed E-state index contributed by atoms with van der Waals surface area (Å²) >= 11 is 0. The van der Waals surface area contributed by atoms with E-state index in [2.05, 4.69) is 0 Å². The predicted octanol–water partition coefficient (Wildman–Crippen LogP) is 3.12. The molecule has 118 valence electrons. The second kappa shape index (κ2) is 6.65. The molecule has 0 aliphatic carbocycles. The Labute approximate surface area is 135 Å². The van der Waals surface area contributed by atoms with E-state index in [1.165, 1.54) is 7.11 Å². The predicted molar refractivity (Wildman–Crippen MR) is 85.2 cm³/mol. The molecule has 1 heterocycles. The Morgan fingerprint density at radius 3 is 2.52 bits per heavy atom. The average molecular weight is 310 g/mol. The van der Waals surface area contributed by atoms with Crippen LogP contribution in [0.3, 0.4) is 0 Å². The van der Waals surface area contributed by atoms with Crippen molar-refractivity contribution in [2.24, 2.45) is 0 Å². The third-order valence-electron chi connectivity index (χ3n) is 4.16. The number of fused-ring (bicyclic) bond motifs is 1. The minimum absolute atomic E-state index is 0.372. The van der Waals surface area contributed by atoms with Crippen molar-refractivity contribution < 1.29 is 19.1 Å². The number of carbonyl (C=O) groups is 2. The van der Waals surface area contributed by atoms with E-state index >= 15 is 0 Å². The van der Waals surface area contributed by atoms with Crippen molar-refractivity contribution in [2.45, 2.75) is 24.9 Å². The zero-order valence-corrected chi connectivity index (χ0v) is 12.9. The van der Waals surface area contributed by atoms with Gasteiger partial charge < -0.3 is 9.47 Å². The normalized spacial score (nSPS) is 19.6. The first-order valence-corrected chi connectivity index (χ1v) is 7.62. The van der Waals surface area contributed by atoms with Crippen molar-refractivity contribution in [3.8, 4) is 0 Å². The number of esters is 2. The van der Waals surface area contributed by atoms with Crippen LogP contribution in [-0.2, 0) is 20.7 Å². The number of cyclic esters (lactones) is 1. The summed E-state index contributed by atoms with van der Waals surface area (Å²) in [6.07, 6.45) is 0.795. The van der Waals surface area contributed by atoms with Crippen LogP contribution < -0.4 is 0 Å². The molecule has 4 nitrogen and oxygen atoms in total. The maximum absolute atomic E-state index is 12.2.